The lowest BCUT2D eigenvalue weighted by atomic mass is 10.2. The molecular weight excluding hydrogens is 268 g/mol. The highest BCUT2D eigenvalue weighted by atomic mass is 16.6. The molecule has 0 aliphatic heterocycles. The Bertz CT molecular complexity index is 624. The second-order valence-corrected chi connectivity index (χ2v) is 4.74. The first-order chi connectivity index (χ1) is 10.1. The van der Waals surface area contributed by atoms with Crippen molar-refractivity contribution in [1.29, 1.82) is 0 Å². The Balaban J connectivity index is 2.19. The van der Waals surface area contributed by atoms with E-state index in [4.69, 9.17) is 0 Å². The van der Waals surface area contributed by atoms with Crippen LogP contribution in [0.1, 0.15) is 11.7 Å². The van der Waals surface area contributed by atoms with Crippen LogP contribution in [0.4, 0.5) is 11.4 Å². The molecule has 108 valence electrons. The van der Waals surface area contributed by atoms with E-state index in [0.29, 0.717) is 5.69 Å². The molecule has 0 spiro atoms. The Kier molecular flexibility index (Phi) is 4.73. The zero-order valence-electron chi connectivity index (χ0n) is 11.9. The topological polar surface area (TPSA) is 71.1 Å². The maximum atomic E-state index is 10.6. The third-order valence-electron chi connectivity index (χ3n) is 2.93. The molecule has 21 heavy (non-hydrogen) atoms. The molecule has 2 rings (SSSR count). The van der Waals surface area contributed by atoms with Crippen molar-refractivity contribution in [2.75, 3.05) is 14.1 Å². The zero-order chi connectivity index (χ0) is 15.2. The van der Waals surface area contributed by atoms with Gasteiger partial charge in [0.1, 0.15) is 6.17 Å². The summed E-state index contributed by atoms with van der Waals surface area (Å²) in [6, 6.07) is 15.8. The van der Waals surface area contributed by atoms with Crippen molar-refractivity contribution < 1.29 is 4.92 Å². The summed E-state index contributed by atoms with van der Waals surface area (Å²) in [5.74, 6) is 0. The van der Waals surface area contributed by atoms with Gasteiger partial charge >= 0.3 is 0 Å². The molecule has 0 amide bonds. The molecule has 6 nitrogen and oxygen atoms in total. The van der Waals surface area contributed by atoms with E-state index < -0.39 is 4.92 Å². The summed E-state index contributed by atoms with van der Waals surface area (Å²) in [5, 5.41) is 19.1. The Morgan fingerprint density at radius 1 is 1.05 bits per heavy atom. The van der Waals surface area contributed by atoms with E-state index in [9.17, 15) is 10.1 Å². The van der Waals surface area contributed by atoms with Crippen molar-refractivity contribution >= 4 is 11.4 Å². The molecule has 2 aromatic carbocycles. The predicted octanol–water partition coefficient (Wildman–Crippen LogP) is 3.94. The van der Waals surface area contributed by atoms with Crippen molar-refractivity contribution in [1.82, 2.24) is 4.90 Å². The van der Waals surface area contributed by atoms with E-state index in [0.717, 1.165) is 5.56 Å². The number of nitro groups is 1. The van der Waals surface area contributed by atoms with Crippen LogP contribution < -0.4 is 0 Å². The van der Waals surface area contributed by atoms with Crippen LogP contribution >= 0.6 is 0 Å². The van der Waals surface area contributed by atoms with Gasteiger partial charge in [0.25, 0.3) is 5.69 Å². The van der Waals surface area contributed by atoms with Gasteiger partial charge in [0, 0.05) is 12.1 Å². The normalized spacial score (nSPS) is 12.7. The van der Waals surface area contributed by atoms with Gasteiger partial charge in [0.2, 0.25) is 0 Å². The number of hydrogen-bond donors (Lipinski definition) is 0. The maximum absolute atomic E-state index is 10.6. The van der Waals surface area contributed by atoms with Gasteiger partial charge in [-0.25, -0.2) is 0 Å². The average Bonchev–Trinajstić information content (AvgIpc) is 2.48. The first-order valence-electron chi connectivity index (χ1n) is 6.44. The molecule has 0 heterocycles. The average molecular weight is 284 g/mol. The number of rotatable bonds is 5. The van der Waals surface area contributed by atoms with Gasteiger partial charge in [0.15, 0.2) is 0 Å². The molecule has 0 saturated carbocycles. The third-order valence-corrected chi connectivity index (χ3v) is 2.93. The van der Waals surface area contributed by atoms with E-state index in [-0.39, 0.29) is 11.9 Å². The van der Waals surface area contributed by atoms with E-state index in [2.05, 4.69) is 10.2 Å². The molecule has 0 aliphatic carbocycles. The lowest BCUT2D eigenvalue weighted by Crippen LogP contribution is -2.17. The monoisotopic (exact) mass is 284 g/mol. The number of azo groups is 1. The van der Waals surface area contributed by atoms with Gasteiger partial charge in [-0.15, -0.1) is 0 Å². The Hall–Kier alpha value is -2.60. The van der Waals surface area contributed by atoms with E-state index in [1.807, 2.05) is 49.3 Å². The van der Waals surface area contributed by atoms with Crippen molar-refractivity contribution in [2.24, 2.45) is 10.2 Å². The SMILES string of the molecule is CN(C)C(N=Nc1ccc([N+](=O)[O-])cc1)c1ccccc1. The van der Waals surface area contributed by atoms with Crippen LogP contribution in [0.15, 0.2) is 64.8 Å². The Labute approximate surface area is 122 Å². The molecule has 0 aliphatic rings. The van der Waals surface area contributed by atoms with Gasteiger partial charge in [0.05, 0.1) is 10.6 Å². The van der Waals surface area contributed by atoms with Crippen molar-refractivity contribution in [3.8, 4) is 0 Å². The minimum atomic E-state index is -0.437. The highest BCUT2D eigenvalue weighted by Crippen LogP contribution is 2.23. The molecule has 0 bridgehead atoms. The second kappa shape index (κ2) is 6.71. The summed E-state index contributed by atoms with van der Waals surface area (Å²) in [6.07, 6.45) is -0.193. The lowest BCUT2D eigenvalue weighted by Gasteiger charge is -2.19. The number of nitro benzene ring substituents is 1. The number of nitrogens with zero attached hydrogens (tertiary/aromatic N) is 4. The molecular formula is C15H16N4O2. The molecule has 0 aromatic heterocycles. The highest BCUT2D eigenvalue weighted by Gasteiger charge is 2.12. The number of hydrogen-bond acceptors (Lipinski definition) is 5. The van der Waals surface area contributed by atoms with Crippen LogP contribution in [0, 0.1) is 10.1 Å². The molecule has 2 aromatic rings. The lowest BCUT2D eigenvalue weighted by molar-refractivity contribution is -0.384. The summed E-state index contributed by atoms with van der Waals surface area (Å²) < 4.78 is 0. The fraction of sp³-hybridized carbons (Fsp3) is 0.200. The summed E-state index contributed by atoms with van der Waals surface area (Å²) in [7, 11) is 3.85. The summed E-state index contributed by atoms with van der Waals surface area (Å²) >= 11 is 0. The number of benzene rings is 2. The van der Waals surface area contributed by atoms with E-state index in [1.165, 1.54) is 12.1 Å². The van der Waals surface area contributed by atoms with Gasteiger partial charge in [-0.05, 0) is 31.8 Å². The predicted molar refractivity (Wildman–Crippen MR) is 80.5 cm³/mol. The Morgan fingerprint density at radius 3 is 2.19 bits per heavy atom. The minimum absolute atomic E-state index is 0.0427. The fourth-order valence-electron chi connectivity index (χ4n) is 1.86. The van der Waals surface area contributed by atoms with Gasteiger partial charge < -0.3 is 0 Å². The van der Waals surface area contributed by atoms with Crippen molar-refractivity contribution in [3.05, 3.63) is 70.3 Å². The van der Waals surface area contributed by atoms with Crippen LogP contribution in [0.25, 0.3) is 0 Å². The molecule has 6 heteroatoms. The molecule has 0 saturated heterocycles. The molecule has 0 N–H and O–H groups in total. The number of non-ortho nitro benzene ring substituents is 1. The first-order valence-corrected chi connectivity index (χ1v) is 6.44. The van der Waals surface area contributed by atoms with Crippen LogP contribution in [-0.2, 0) is 0 Å². The summed E-state index contributed by atoms with van der Waals surface area (Å²) in [5.41, 5.74) is 1.66. The van der Waals surface area contributed by atoms with Gasteiger partial charge in [-0.1, -0.05) is 30.3 Å². The molecule has 1 atom stereocenters. The van der Waals surface area contributed by atoms with Gasteiger partial charge in [-0.2, -0.15) is 10.2 Å². The Morgan fingerprint density at radius 2 is 1.67 bits per heavy atom. The smallest absolute Gasteiger partial charge is 0.269 e. The molecule has 0 radical (unpaired) electrons. The zero-order valence-corrected chi connectivity index (χ0v) is 11.9. The standard InChI is InChI=1S/C15H16N4O2/c1-18(2)15(12-6-4-3-5-7-12)17-16-13-8-10-14(11-9-13)19(20)21/h3-11,15H,1-2H3. The van der Waals surface area contributed by atoms with Crippen molar-refractivity contribution in [2.45, 2.75) is 6.17 Å². The first kappa shape index (κ1) is 14.8. The van der Waals surface area contributed by atoms with Crippen LogP contribution in [0.5, 0.6) is 0 Å². The fourth-order valence-corrected chi connectivity index (χ4v) is 1.86. The highest BCUT2D eigenvalue weighted by molar-refractivity contribution is 5.43. The van der Waals surface area contributed by atoms with Gasteiger partial charge in [-0.3, -0.25) is 15.0 Å². The van der Waals surface area contributed by atoms with Crippen LogP contribution in [-0.4, -0.2) is 23.9 Å². The molecule has 1 unspecified atom stereocenters. The van der Waals surface area contributed by atoms with Crippen LogP contribution in [0.3, 0.4) is 0 Å². The quantitative estimate of drug-likeness (QED) is 0.474. The summed E-state index contributed by atoms with van der Waals surface area (Å²) in [4.78, 5) is 12.1. The van der Waals surface area contributed by atoms with Crippen molar-refractivity contribution in [3.63, 3.8) is 0 Å². The molecule has 0 fully saturated rings. The maximum Gasteiger partial charge on any atom is 0.269 e. The third kappa shape index (κ3) is 3.93. The second-order valence-electron chi connectivity index (χ2n) is 4.74. The van der Waals surface area contributed by atoms with E-state index >= 15 is 0 Å². The largest absolute Gasteiger partial charge is 0.283 e. The van der Waals surface area contributed by atoms with Crippen LogP contribution in [0.2, 0.25) is 0 Å². The minimum Gasteiger partial charge on any atom is -0.283 e. The van der Waals surface area contributed by atoms with E-state index in [1.54, 1.807) is 12.1 Å². The summed E-state index contributed by atoms with van der Waals surface area (Å²) in [6.45, 7) is 0.